The summed E-state index contributed by atoms with van der Waals surface area (Å²) in [6, 6.07) is 18.1. The molecule has 0 saturated carbocycles. The highest BCUT2D eigenvalue weighted by Gasteiger charge is 2.16. The molecule has 3 aromatic carbocycles. The highest BCUT2D eigenvalue weighted by molar-refractivity contribution is 7.99. The van der Waals surface area contributed by atoms with Gasteiger partial charge in [-0.25, -0.2) is 9.37 Å². The first-order valence-corrected chi connectivity index (χ1v) is 12.3. The van der Waals surface area contributed by atoms with Crippen LogP contribution < -0.4 is 10.9 Å². The summed E-state index contributed by atoms with van der Waals surface area (Å²) >= 11 is 13.8. The van der Waals surface area contributed by atoms with Gasteiger partial charge in [-0.2, -0.15) is 0 Å². The van der Waals surface area contributed by atoms with Gasteiger partial charge in [0, 0.05) is 23.7 Å². The number of hydrogen-bond donors (Lipinski definition) is 1. The van der Waals surface area contributed by atoms with Gasteiger partial charge in [-0.05, 0) is 54.4 Å². The Morgan fingerprint density at radius 1 is 1.06 bits per heavy atom. The first kappa shape index (κ1) is 24.3. The Labute approximate surface area is 209 Å². The van der Waals surface area contributed by atoms with E-state index in [2.05, 4.69) is 10.3 Å². The SMILES string of the molecule is O=C(CCCSc1nc2ccccc2c(=O)n1-c1ccc(Cl)cc1Cl)NCc1ccc(F)cc1. The van der Waals surface area contributed by atoms with Gasteiger partial charge < -0.3 is 5.32 Å². The molecule has 1 heterocycles. The lowest BCUT2D eigenvalue weighted by atomic mass is 10.2. The summed E-state index contributed by atoms with van der Waals surface area (Å²) in [7, 11) is 0. The van der Waals surface area contributed by atoms with Gasteiger partial charge in [-0.15, -0.1) is 0 Å². The molecule has 0 aliphatic rings. The van der Waals surface area contributed by atoms with Crippen LogP contribution in [-0.2, 0) is 11.3 Å². The zero-order chi connectivity index (χ0) is 24.1. The van der Waals surface area contributed by atoms with Crippen molar-refractivity contribution in [2.45, 2.75) is 24.5 Å². The monoisotopic (exact) mass is 515 g/mol. The predicted molar refractivity (Wildman–Crippen MR) is 136 cm³/mol. The molecule has 1 N–H and O–H groups in total. The predicted octanol–water partition coefficient (Wildman–Crippen LogP) is 6.02. The average molecular weight is 516 g/mol. The zero-order valence-electron chi connectivity index (χ0n) is 17.9. The molecule has 174 valence electrons. The molecule has 0 spiro atoms. The first-order valence-electron chi connectivity index (χ1n) is 10.5. The fraction of sp³-hybridized carbons (Fsp3) is 0.160. The Morgan fingerprint density at radius 3 is 2.59 bits per heavy atom. The van der Waals surface area contributed by atoms with Crippen molar-refractivity contribution in [2.24, 2.45) is 0 Å². The molecule has 4 aromatic rings. The van der Waals surface area contributed by atoms with Crippen LogP contribution in [0, 0.1) is 5.82 Å². The van der Waals surface area contributed by atoms with Crippen molar-refractivity contribution in [1.82, 2.24) is 14.9 Å². The zero-order valence-corrected chi connectivity index (χ0v) is 20.3. The molecule has 0 bridgehead atoms. The fourth-order valence-electron chi connectivity index (χ4n) is 3.37. The van der Waals surface area contributed by atoms with Crippen LogP contribution in [0.5, 0.6) is 0 Å². The van der Waals surface area contributed by atoms with Crippen molar-refractivity contribution in [2.75, 3.05) is 5.75 Å². The summed E-state index contributed by atoms with van der Waals surface area (Å²) in [5.41, 5.74) is 1.69. The molecule has 0 aliphatic carbocycles. The van der Waals surface area contributed by atoms with Crippen LogP contribution in [0.3, 0.4) is 0 Å². The minimum absolute atomic E-state index is 0.102. The highest BCUT2D eigenvalue weighted by Crippen LogP contribution is 2.28. The Morgan fingerprint density at radius 2 is 1.82 bits per heavy atom. The van der Waals surface area contributed by atoms with Gasteiger partial charge in [0.1, 0.15) is 5.82 Å². The van der Waals surface area contributed by atoms with Crippen LogP contribution in [0.15, 0.2) is 76.7 Å². The van der Waals surface area contributed by atoms with Gasteiger partial charge in [-0.1, -0.05) is 59.2 Å². The number of halogens is 3. The fourth-order valence-corrected chi connectivity index (χ4v) is 4.81. The van der Waals surface area contributed by atoms with Gasteiger partial charge in [0.25, 0.3) is 5.56 Å². The summed E-state index contributed by atoms with van der Waals surface area (Å²) in [6.07, 6.45) is 0.894. The van der Waals surface area contributed by atoms with Crippen LogP contribution in [0.25, 0.3) is 16.6 Å². The molecule has 4 rings (SSSR count). The van der Waals surface area contributed by atoms with E-state index in [1.54, 1.807) is 48.5 Å². The normalized spacial score (nSPS) is 11.0. The van der Waals surface area contributed by atoms with Crippen molar-refractivity contribution >= 4 is 51.8 Å². The number of carbonyl (C=O) groups excluding carboxylic acids is 1. The topological polar surface area (TPSA) is 64.0 Å². The van der Waals surface area contributed by atoms with Crippen molar-refractivity contribution < 1.29 is 9.18 Å². The number of para-hydroxylation sites is 1. The van der Waals surface area contributed by atoms with Crippen molar-refractivity contribution in [3.8, 4) is 5.69 Å². The number of nitrogens with zero attached hydrogens (tertiary/aromatic N) is 2. The second-order valence-electron chi connectivity index (χ2n) is 7.50. The first-order chi connectivity index (χ1) is 16.4. The largest absolute Gasteiger partial charge is 0.352 e. The lowest BCUT2D eigenvalue weighted by Gasteiger charge is -2.14. The lowest BCUT2D eigenvalue weighted by Crippen LogP contribution is -2.23. The number of amides is 1. The van der Waals surface area contributed by atoms with E-state index in [0.29, 0.717) is 56.9 Å². The quantitative estimate of drug-likeness (QED) is 0.177. The molecule has 5 nitrogen and oxygen atoms in total. The Balaban J connectivity index is 1.46. The number of thioether (sulfide) groups is 1. The minimum Gasteiger partial charge on any atom is -0.352 e. The standard InChI is InChI=1S/C25H20Cl2FN3O2S/c26-17-9-12-22(20(27)14-17)31-24(33)19-4-1-2-5-21(19)30-25(31)34-13-3-6-23(32)29-15-16-7-10-18(28)11-8-16/h1-2,4-5,7-12,14H,3,6,13,15H2,(H,29,32). The third kappa shape index (κ3) is 5.78. The van der Waals surface area contributed by atoms with E-state index in [9.17, 15) is 14.0 Å². The lowest BCUT2D eigenvalue weighted by molar-refractivity contribution is -0.121. The van der Waals surface area contributed by atoms with Gasteiger partial charge in [0.05, 0.1) is 21.6 Å². The second kappa shape index (κ2) is 11.0. The number of rotatable bonds is 8. The van der Waals surface area contributed by atoms with Crippen LogP contribution >= 0.6 is 35.0 Å². The molecule has 0 saturated heterocycles. The molecule has 34 heavy (non-hydrogen) atoms. The third-order valence-electron chi connectivity index (χ3n) is 5.08. The Kier molecular flexibility index (Phi) is 7.88. The van der Waals surface area contributed by atoms with Crippen LogP contribution in [0.1, 0.15) is 18.4 Å². The molecular formula is C25H20Cl2FN3O2S. The van der Waals surface area contributed by atoms with Crippen molar-refractivity contribution in [1.29, 1.82) is 0 Å². The molecule has 0 aliphatic heterocycles. The van der Waals surface area contributed by atoms with E-state index in [1.165, 1.54) is 28.5 Å². The van der Waals surface area contributed by atoms with E-state index < -0.39 is 0 Å². The third-order valence-corrected chi connectivity index (χ3v) is 6.64. The molecule has 0 atom stereocenters. The number of hydrogen-bond acceptors (Lipinski definition) is 4. The summed E-state index contributed by atoms with van der Waals surface area (Å²) in [6.45, 7) is 0.340. The Hall–Kier alpha value is -2.87. The van der Waals surface area contributed by atoms with Gasteiger partial charge in [0.2, 0.25) is 5.91 Å². The van der Waals surface area contributed by atoms with Gasteiger partial charge in [-0.3, -0.25) is 14.2 Å². The minimum atomic E-state index is -0.312. The van der Waals surface area contributed by atoms with Crippen molar-refractivity contribution in [3.63, 3.8) is 0 Å². The maximum absolute atomic E-state index is 13.3. The maximum atomic E-state index is 13.3. The number of carbonyl (C=O) groups is 1. The number of nitrogens with one attached hydrogen (secondary N) is 1. The summed E-state index contributed by atoms with van der Waals surface area (Å²) in [5, 5.41) is 4.61. The number of fused-ring (bicyclic) bond motifs is 1. The van der Waals surface area contributed by atoms with Crippen LogP contribution in [0.2, 0.25) is 10.0 Å². The number of aromatic nitrogens is 2. The number of benzene rings is 3. The highest BCUT2D eigenvalue weighted by atomic mass is 35.5. The van der Waals surface area contributed by atoms with Crippen molar-refractivity contribution in [3.05, 3.63) is 98.5 Å². The Bertz CT molecular complexity index is 1390. The molecule has 0 unspecified atom stereocenters. The van der Waals surface area contributed by atoms with E-state index in [-0.39, 0.29) is 17.3 Å². The summed E-state index contributed by atoms with van der Waals surface area (Å²) in [5.74, 6) is 0.155. The van der Waals surface area contributed by atoms with Crippen LogP contribution in [0.4, 0.5) is 4.39 Å². The van der Waals surface area contributed by atoms with Gasteiger partial charge in [0.15, 0.2) is 5.16 Å². The average Bonchev–Trinajstić information content (AvgIpc) is 2.82. The second-order valence-corrected chi connectivity index (χ2v) is 9.41. The van der Waals surface area contributed by atoms with E-state index in [4.69, 9.17) is 23.2 Å². The molecule has 0 radical (unpaired) electrons. The van der Waals surface area contributed by atoms with E-state index in [0.717, 1.165) is 5.56 Å². The molecule has 1 amide bonds. The van der Waals surface area contributed by atoms with Gasteiger partial charge >= 0.3 is 0 Å². The molecular weight excluding hydrogens is 496 g/mol. The summed E-state index contributed by atoms with van der Waals surface area (Å²) in [4.78, 5) is 30.2. The summed E-state index contributed by atoms with van der Waals surface area (Å²) < 4.78 is 14.5. The smallest absolute Gasteiger partial charge is 0.266 e. The van der Waals surface area contributed by atoms with Crippen LogP contribution in [-0.4, -0.2) is 21.2 Å². The molecule has 9 heteroatoms. The molecule has 0 fully saturated rings. The maximum Gasteiger partial charge on any atom is 0.266 e. The van der Waals surface area contributed by atoms with E-state index in [1.807, 2.05) is 6.07 Å². The van der Waals surface area contributed by atoms with E-state index >= 15 is 0 Å². The molecule has 1 aromatic heterocycles.